The normalized spacial score (nSPS) is 15.9. The third-order valence-corrected chi connectivity index (χ3v) is 5.62. The molecule has 3 aromatic rings. The van der Waals surface area contributed by atoms with Crippen molar-refractivity contribution in [2.45, 2.75) is 13.0 Å². The molecule has 0 bridgehead atoms. The van der Waals surface area contributed by atoms with Gasteiger partial charge in [0.15, 0.2) is 11.5 Å². The van der Waals surface area contributed by atoms with Gasteiger partial charge in [-0.25, -0.2) is 4.79 Å². The van der Waals surface area contributed by atoms with Crippen molar-refractivity contribution in [2.24, 2.45) is 0 Å². The molecule has 0 fully saturated rings. The molecule has 4 rings (SSSR count). The minimum absolute atomic E-state index is 0.249. The highest BCUT2D eigenvalue weighted by Gasteiger charge is 2.35. The zero-order valence-electron chi connectivity index (χ0n) is 18.5. The zero-order valence-corrected chi connectivity index (χ0v) is 19.2. The largest absolute Gasteiger partial charge is 0.493 e. The second-order valence-electron chi connectivity index (χ2n) is 7.33. The number of allylic oxidation sites excluding steroid dienone is 1. The van der Waals surface area contributed by atoms with Gasteiger partial charge in [0.2, 0.25) is 5.82 Å². The minimum Gasteiger partial charge on any atom is -0.493 e. The van der Waals surface area contributed by atoms with Crippen molar-refractivity contribution in [1.29, 1.82) is 0 Å². The van der Waals surface area contributed by atoms with Crippen molar-refractivity contribution in [3.05, 3.63) is 77.3 Å². The van der Waals surface area contributed by atoms with E-state index in [9.17, 15) is 4.79 Å². The lowest BCUT2D eigenvalue weighted by Gasteiger charge is -2.34. The van der Waals surface area contributed by atoms with Crippen LogP contribution in [0.2, 0.25) is 5.02 Å². The monoisotopic (exact) mass is 466 g/mol. The number of nitrogens with zero attached hydrogens (tertiary/aromatic N) is 3. The molecule has 9 heteroatoms. The van der Waals surface area contributed by atoms with Gasteiger partial charge in [0.25, 0.3) is 5.89 Å². The number of nitrogens with one attached hydrogen (secondary N) is 1. The summed E-state index contributed by atoms with van der Waals surface area (Å²) in [7, 11) is 3.13. The molecular weight excluding hydrogens is 444 g/mol. The average Bonchev–Trinajstić information content (AvgIpc) is 3.30. The maximum absolute atomic E-state index is 12.8. The molecule has 0 aliphatic carbocycles. The number of benzene rings is 2. The van der Waals surface area contributed by atoms with Crippen molar-refractivity contribution in [3.8, 4) is 22.9 Å². The van der Waals surface area contributed by atoms with E-state index in [1.54, 1.807) is 49.5 Å². The fourth-order valence-corrected chi connectivity index (χ4v) is 3.97. The third kappa shape index (κ3) is 4.29. The van der Waals surface area contributed by atoms with Gasteiger partial charge < -0.3 is 19.3 Å². The number of ether oxygens (including phenoxy) is 2. The van der Waals surface area contributed by atoms with Crippen LogP contribution in [0.3, 0.4) is 0 Å². The predicted molar refractivity (Wildman–Crippen MR) is 125 cm³/mol. The Balaban J connectivity index is 1.81. The summed E-state index contributed by atoms with van der Waals surface area (Å²) < 4.78 is 16.4. The number of carbonyl (C=O) groups is 1. The quantitative estimate of drug-likeness (QED) is 0.488. The highest BCUT2D eigenvalue weighted by atomic mass is 35.5. The average molecular weight is 467 g/mol. The first kappa shape index (κ1) is 22.4. The lowest BCUT2D eigenvalue weighted by Crippen LogP contribution is -2.46. The van der Waals surface area contributed by atoms with Gasteiger partial charge in [-0.05, 0) is 42.8 Å². The van der Waals surface area contributed by atoms with E-state index in [2.05, 4.69) is 22.0 Å². The molecule has 1 aromatic heterocycles. The number of amides is 2. The predicted octanol–water partition coefficient (Wildman–Crippen LogP) is 5.09. The third-order valence-electron chi connectivity index (χ3n) is 5.39. The van der Waals surface area contributed by atoms with Gasteiger partial charge in [0, 0.05) is 22.8 Å². The molecule has 1 N–H and O–H groups in total. The number of carbonyl (C=O) groups excluding carboxylic acids is 1. The van der Waals surface area contributed by atoms with Crippen molar-refractivity contribution in [2.75, 3.05) is 20.8 Å². The maximum Gasteiger partial charge on any atom is 0.322 e. The van der Waals surface area contributed by atoms with Gasteiger partial charge in [-0.1, -0.05) is 35.0 Å². The first-order valence-corrected chi connectivity index (χ1v) is 10.6. The fourth-order valence-electron chi connectivity index (χ4n) is 3.77. The van der Waals surface area contributed by atoms with Crippen LogP contribution >= 0.6 is 11.6 Å². The van der Waals surface area contributed by atoms with Crippen molar-refractivity contribution >= 4 is 23.2 Å². The Bertz CT molecular complexity index is 1240. The number of aromatic nitrogens is 2. The van der Waals surface area contributed by atoms with E-state index >= 15 is 0 Å². The summed E-state index contributed by atoms with van der Waals surface area (Å²) in [5.41, 5.74) is 2.86. The first-order chi connectivity index (χ1) is 16.0. The van der Waals surface area contributed by atoms with E-state index in [4.69, 9.17) is 25.6 Å². The topological polar surface area (TPSA) is 89.7 Å². The van der Waals surface area contributed by atoms with Crippen molar-refractivity contribution in [1.82, 2.24) is 20.4 Å². The summed E-state index contributed by atoms with van der Waals surface area (Å²) in [6, 6.07) is 11.9. The second-order valence-corrected chi connectivity index (χ2v) is 7.77. The number of hydrogen-bond acceptors (Lipinski definition) is 6. The van der Waals surface area contributed by atoms with Crippen molar-refractivity contribution < 1.29 is 18.8 Å². The summed E-state index contributed by atoms with van der Waals surface area (Å²) in [4.78, 5) is 19.0. The lowest BCUT2D eigenvalue weighted by atomic mass is 9.94. The van der Waals surface area contributed by atoms with Gasteiger partial charge in [-0.2, -0.15) is 4.98 Å². The number of halogens is 1. The smallest absolute Gasteiger partial charge is 0.322 e. The second kappa shape index (κ2) is 9.38. The molecular formula is C24H23ClN4O4. The molecule has 33 heavy (non-hydrogen) atoms. The maximum atomic E-state index is 12.8. The summed E-state index contributed by atoms with van der Waals surface area (Å²) in [5.74, 6) is 1.81. The van der Waals surface area contributed by atoms with E-state index in [-0.39, 0.29) is 11.9 Å². The summed E-state index contributed by atoms with van der Waals surface area (Å²) in [5, 5.41) is 7.74. The number of rotatable bonds is 7. The Kier molecular flexibility index (Phi) is 6.37. The van der Waals surface area contributed by atoms with Gasteiger partial charge in [0.05, 0.1) is 25.8 Å². The Labute approximate surface area is 196 Å². The van der Waals surface area contributed by atoms with E-state index in [0.717, 1.165) is 5.56 Å². The molecule has 1 aliphatic heterocycles. The van der Waals surface area contributed by atoms with Gasteiger partial charge >= 0.3 is 6.03 Å². The van der Waals surface area contributed by atoms with Gasteiger partial charge in [-0.15, -0.1) is 6.58 Å². The molecule has 2 heterocycles. The number of methoxy groups -OCH3 is 2. The van der Waals surface area contributed by atoms with Crippen LogP contribution < -0.4 is 14.8 Å². The molecule has 0 radical (unpaired) electrons. The van der Waals surface area contributed by atoms with Crippen LogP contribution in [0.1, 0.15) is 24.4 Å². The van der Waals surface area contributed by atoms with Gasteiger partial charge in [0.1, 0.15) is 0 Å². The zero-order chi connectivity index (χ0) is 23.5. The fraction of sp³-hybridized carbons (Fsp3) is 0.208. The van der Waals surface area contributed by atoms with Gasteiger partial charge in [-0.3, -0.25) is 4.90 Å². The molecule has 2 aromatic carbocycles. The molecule has 8 nitrogen and oxygen atoms in total. The molecule has 0 spiro atoms. The van der Waals surface area contributed by atoms with E-state index < -0.39 is 6.04 Å². The van der Waals surface area contributed by atoms with E-state index in [1.807, 2.05) is 25.1 Å². The van der Waals surface area contributed by atoms with Crippen LogP contribution in [0.4, 0.5) is 4.79 Å². The Morgan fingerprint density at radius 1 is 1.21 bits per heavy atom. The van der Waals surface area contributed by atoms with Crippen LogP contribution in [0, 0.1) is 0 Å². The van der Waals surface area contributed by atoms with Crippen LogP contribution in [0.25, 0.3) is 17.0 Å². The Morgan fingerprint density at radius 2 is 2.00 bits per heavy atom. The molecule has 0 saturated heterocycles. The Hall–Kier alpha value is -3.78. The molecule has 2 amide bonds. The molecule has 1 atom stereocenters. The van der Waals surface area contributed by atoms with E-state index in [1.165, 1.54) is 0 Å². The molecule has 1 aliphatic rings. The SMILES string of the molecule is C=CCN1C(=O)NC(c2cccc(Cl)c2)C(c2nc(-c3ccc(OC)c(OC)c3)no2)=C1C. The molecule has 1 unspecified atom stereocenters. The lowest BCUT2D eigenvalue weighted by molar-refractivity contribution is 0.209. The number of urea groups is 1. The summed E-state index contributed by atoms with van der Waals surface area (Å²) >= 11 is 6.22. The van der Waals surface area contributed by atoms with Crippen LogP contribution in [0.5, 0.6) is 11.5 Å². The van der Waals surface area contributed by atoms with E-state index in [0.29, 0.717) is 45.7 Å². The first-order valence-electron chi connectivity index (χ1n) is 10.2. The molecule has 0 saturated carbocycles. The summed E-state index contributed by atoms with van der Waals surface area (Å²) in [6.45, 7) is 5.93. The Morgan fingerprint density at radius 3 is 2.70 bits per heavy atom. The molecule has 170 valence electrons. The van der Waals surface area contributed by atoms with Crippen molar-refractivity contribution in [3.63, 3.8) is 0 Å². The highest BCUT2D eigenvalue weighted by Crippen LogP contribution is 2.38. The number of hydrogen-bond donors (Lipinski definition) is 1. The minimum atomic E-state index is -0.518. The van der Waals surface area contributed by atoms with Crippen LogP contribution in [-0.4, -0.2) is 41.8 Å². The van der Waals surface area contributed by atoms with Crippen LogP contribution in [0.15, 0.2) is 65.3 Å². The summed E-state index contributed by atoms with van der Waals surface area (Å²) in [6.07, 6.45) is 1.66. The van der Waals surface area contributed by atoms with Crippen LogP contribution in [-0.2, 0) is 0 Å². The highest BCUT2D eigenvalue weighted by molar-refractivity contribution is 6.30. The standard InChI is InChI=1S/C24H23ClN4O4/c1-5-11-29-14(2)20(21(26-24(29)30)15-7-6-8-17(25)12-15)23-27-22(28-33-23)16-9-10-18(31-3)19(13-16)32-4/h5-10,12-13,21H,1,11H2,2-4H3,(H,26,30).